The van der Waals surface area contributed by atoms with Crippen LogP contribution >= 0.6 is 11.6 Å². The van der Waals surface area contributed by atoms with Crippen LogP contribution in [0.4, 0.5) is 5.82 Å². The lowest BCUT2D eigenvalue weighted by Crippen LogP contribution is -2.31. The van der Waals surface area contributed by atoms with Gasteiger partial charge in [0.15, 0.2) is 0 Å². The molecule has 21 heavy (non-hydrogen) atoms. The third kappa shape index (κ3) is 3.82. The highest BCUT2D eigenvalue weighted by Crippen LogP contribution is 2.36. The first-order valence-electron chi connectivity index (χ1n) is 6.77. The number of esters is 1. The lowest BCUT2D eigenvalue weighted by atomic mass is 9.95. The molecule has 0 bridgehead atoms. The second-order valence-electron chi connectivity index (χ2n) is 4.97. The molecule has 0 aromatic carbocycles. The molecule has 0 aliphatic heterocycles. The maximum atomic E-state index is 12.3. The first kappa shape index (κ1) is 15.5. The number of halogens is 1. The minimum Gasteiger partial charge on any atom is -0.466 e. The first-order valence-corrected chi connectivity index (χ1v) is 7.14. The summed E-state index contributed by atoms with van der Waals surface area (Å²) < 4.78 is 5.03. The summed E-state index contributed by atoms with van der Waals surface area (Å²) >= 11 is 5.75. The van der Waals surface area contributed by atoms with Crippen molar-refractivity contribution in [1.82, 2.24) is 4.98 Å². The number of nitrogens with zero attached hydrogens (tertiary/aromatic N) is 1. The van der Waals surface area contributed by atoms with E-state index in [9.17, 15) is 9.59 Å². The summed E-state index contributed by atoms with van der Waals surface area (Å²) in [7, 11) is 0. The van der Waals surface area contributed by atoms with E-state index in [4.69, 9.17) is 16.3 Å². The molecule has 1 aliphatic rings. The van der Waals surface area contributed by atoms with E-state index < -0.39 is 11.8 Å². The van der Waals surface area contributed by atoms with Gasteiger partial charge in [0.05, 0.1) is 23.5 Å². The Hall–Kier alpha value is -1.88. The highest BCUT2D eigenvalue weighted by atomic mass is 35.5. The number of aromatic nitrogens is 1. The third-order valence-corrected chi connectivity index (χ3v) is 3.63. The second-order valence-corrected chi connectivity index (χ2v) is 5.41. The normalized spacial score (nSPS) is 21.1. The standard InChI is InChI=1S/C15H17ClN2O3/c1-3-21-15(20)12-7-9(2)6-11(12)14(19)18-13-5-4-10(16)8-17-13/h4-5,8,11-12H,2-3,6-7H2,1H3,(H,17,18,19). The molecule has 0 radical (unpaired) electrons. The summed E-state index contributed by atoms with van der Waals surface area (Å²) in [5.41, 5.74) is 0.886. The highest BCUT2D eigenvalue weighted by molar-refractivity contribution is 6.30. The van der Waals surface area contributed by atoms with Crippen molar-refractivity contribution >= 4 is 29.3 Å². The van der Waals surface area contributed by atoms with Crippen LogP contribution < -0.4 is 5.32 Å². The average Bonchev–Trinajstić information content (AvgIpc) is 2.84. The van der Waals surface area contributed by atoms with Crippen molar-refractivity contribution in [3.8, 4) is 0 Å². The number of ether oxygens (including phenoxy) is 1. The summed E-state index contributed by atoms with van der Waals surface area (Å²) in [5, 5.41) is 3.19. The van der Waals surface area contributed by atoms with Crippen molar-refractivity contribution in [1.29, 1.82) is 0 Å². The molecule has 2 rings (SSSR count). The fourth-order valence-corrected chi connectivity index (χ4v) is 2.54. The van der Waals surface area contributed by atoms with Crippen LogP contribution in [-0.4, -0.2) is 23.5 Å². The molecule has 112 valence electrons. The molecule has 1 fully saturated rings. The number of carbonyl (C=O) groups excluding carboxylic acids is 2. The van der Waals surface area contributed by atoms with E-state index in [1.165, 1.54) is 6.20 Å². The summed E-state index contributed by atoms with van der Waals surface area (Å²) in [5.74, 6) is -1.12. The molecule has 6 heteroatoms. The van der Waals surface area contributed by atoms with Gasteiger partial charge in [-0.25, -0.2) is 4.98 Å². The quantitative estimate of drug-likeness (QED) is 0.686. The van der Waals surface area contributed by atoms with Crippen molar-refractivity contribution in [3.05, 3.63) is 35.5 Å². The molecule has 0 saturated heterocycles. The van der Waals surface area contributed by atoms with Gasteiger partial charge in [0, 0.05) is 6.20 Å². The Balaban J connectivity index is 2.07. The maximum Gasteiger partial charge on any atom is 0.310 e. The van der Waals surface area contributed by atoms with Gasteiger partial charge in [0.2, 0.25) is 5.91 Å². The number of nitrogens with one attached hydrogen (secondary N) is 1. The largest absolute Gasteiger partial charge is 0.466 e. The van der Waals surface area contributed by atoms with Gasteiger partial charge in [-0.05, 0) is 31.9 Å². The lowest BCUT2D eigenvalue weighted by molar-refractivity contribution is -0.150. The molecule has 1 amide bonds. The molecule has 2 unspecified atom stereocenters. The topological polar surface area (TPSA) is 68.3 Å². The van der Waals surface area contributed by atoms with Crippen LogP contribution in [0.15, 0.2) is 30.5 Å². The van der Waals surface area contributed by atoms with Crippen LogP contribution in [0, 0.1) is 11.8 Å². The van der Waals surface area contributed by atoms with E-state index in [1.54, 1.807) is 19.1 Å². The highest BCUT2D eigenvalue weighted by Gasteiger charge is 2.40. The van der Waals surface area contributed by atoms with Crippen molar-refractivity contribution < 1.29 is 14.3 Å². The van der Waals surface area contributed by atoms with E-state index in [2.05, 4.69) is 16.9 Å². The molecule has 1 aromatic heterocycles. The zero-order valence-electron chi connectivity index (χ0n) is 11.8. The minimum absolute atomic E-state index is 0.249. The lowest BCUT2D eigenvalue weighted by Gasteiger charge is -2.17. The van der Waals surface area contributed by atoms with E-state index in [0.29, 0.717) is 30.3 Å². The Morgan fingerprint density at radius 1 is 1.43 bits per heavy atom. The van der Waals surface area contributed by atoms with E-state index in [-0.39, 0.29) is 11.9 Å². The molecular formula is C15H17ClN2O3. The first-order chi connectivity index (χ1) is 10.0. The Morgan fingerprint density at radius 2 is 2.14 bits per heavy atom. The molecule has 1 aromatic rings. The smallest absolute Gasteiger partial charge is 0.310 e. The number of hydrogen-bond acceptors (Lipinski definition) is 4. The van der Waals surface area contributed by atoms with E-state index >= 15 is 0 Å². The molecule has 2 atom stereocenters. The van der Waals surface area contributed by atoms with Crippen molar-refractivity contribution in [2.24, 2.45) is 11.8 Å². The van der Waals surface area contributed by atoms with Gasteiger partial charge in [0.25, 0.3) is 0 Å². The van der Waals surface area contributed by atoms with Crippen LogP contribution in [0.3, 0.4) is 0 Å². The van der Waals surface area contributed by atoms with Gasteiger partial charge in [-0.2, -0.15) is 0 Å². The van der Waals surface area contributed by atoms with E-state index in [0.717, 1.165) is 5.57 Å². The van der Waals surface area contributed by atoms with Crippen LogP contribution in [0.5, 0.6) is 0 Å². The zero-order valence-corrected chi connectivity index (χ0v) is 12.5. The molecule has 1 saturated carbocycles. The van der Waals surface area contributed by atoms with Crippen LogP contribution in [0.1, 0.15) is 19.8 Å². The number of pyridine rings is 1. The summed E-state index contributed by atoms with van der Waals surface area (Å²) in [4.78, 5) is 28.3. The Bertz CT molecular complexity index is 557. The van der Waals surface area contributed by atoms with Gasteiger partial charge in [0.1, 0.15) is 5.82 Å². The Kier molecular flexibility index (Phi) is 4.96. The van der Waals surface area contributed by atoms with Crippen molar-refractivity contribution in [2.45, 2.75) is 19.8 Å². The summed E-state index contributed by atoms with van der Waals surface area (Å²) in [6.07, 6.45) is 2.43. The number of anilines is 1. The average molecular weight is 309 g/mol. The zero-order chi connectivity index (χ0) is 15.4. The van der Waals surface area contributed by atoms with Crippen LogP contribution in [0.2, 0.25) is 5.02 Å². The monoisotopic (exact) mass is 308 g/mol. The molecular weight excluding hydrogens is 292 g/mol. The van der Waals surface area contributed by atoms with Crippen LogP contribution in [0.25, 0.3) is 0 Å². The van der Waals surface area contributed by atoms with Gasteiger partial charge >= 0.3 is 5.97 Å². The molecule has 5 nitrogen and oxygen atoms in total. The SMILES string of the molecule is C=C1CC(C(=O)Nc2ccc(Cl)cn2)C(C(=O)OCC)C1. The van der Waals surface area contributed by atoms with Gasteiger partial charge in [-0.3, -0.25) is 9.59 Å². The fourth-order valence-electron chi connectivity index (χ4n) is 2.43. The maximum absolute atomic E-state index is 12.3. The predicted octanol–water partition coefficient (Wildman–Crippen LogP) is 2.82. The minimum atomic E-state index is -0.468. The predicted molar refractivity (Wildman–Crippen MR) is 79.9 cm³/mol. The number of allylic oxidation sites excluding steroid dienone is 1. The van der Waals surface area contributed by atoms with Gasteiger partial charge in [-0.15, -0.1) is 0 Å². The van der Waals surface area contributed by atoms with E-state index in [1.807, 2.05) is 0 Å². The molecule has 1 aliphatic carbocycles. The second kappa shape index (κ2) is 6.72. The number of rotatable bonds is 4. The van der Waals surface area contributed by atoms with Crippen molar-refractivity contribution in [2.75, 3.05) is 11.9 Å². The number of amides is 1. The molecule has 1 heterocycles. The Labute approximate surface area is 128 Å². The third-order valence-electron chi connectivity index (χ3n) is 3.41. The number of hydrogen-bond donors (Lipinski definition) is 1. The van der Waals surface area contributed by atoms with Crippen molar-refractivity contribution in [3.63, 3.8) is 0 Å². The van der Waals surface area contributed by atoms with Gasteiger partial charge in [-0.1, -0.05) is 23.8 Å². The van der Waals surface area contributed by atoms with Gasteiger partial charge < -0.3 is 10.1 Å². The molecule has 0 spiro atoms. The number of carbonyl (C=O) groups is 2. The molecule has 1 N–H and O–H groups in total. The summed E-state index contributed by atoms with van der Waals surface area (Å²) in [6, 6.07) is 3.25. The van der Waals surface area contributed by atoms with Crippen LogP contribution in [-0.2, 0) is 14.3 Å². The summed E-state index contributed by atoms with van der Waals surface area (Å²) in [6.45, 7) is 5.92. The fraction of sp³-hybridized carbons (Fsp3) is 0.400. The Morgan fingerprint density at radius 3 is 2.76 bits per heavy atom.